The van der Waals surface area contributed by atoms with Gasteiger partial charge in [-0.1, -0.05) is 31.2 Å². The summed E-state index contributed by atoms with van der Waals surface area (Å²) in [4.78, 5) is 11.6. The van der Waals surface area contributed by atoms with Gasteiger partial charge in [0, 0.05) is 45.2 Å². The molecule has 1 aromatic heterocycles. The molecule has 0 radical (unpaired) electrons. The Morgan fingerprint density at radius 3 is 2.82 bits per heavy atom. The summed E-state index contributed by atoms with van der Waals surface area (Å²) in [6.45, 7) is 10.2. The summed E-state index contributed by atoms with van der Waals surface area (Å²) in [5, 5.41) is 3.50. The van der Waals surface area contributed by atoms with Crippen molar-refractivity contribution in [2.75, 3.05) is 32.8 Å². The second-order valence-corrected chi connectivity index (χ2v) is 8.90. The molecule has 0 aliphatic carbocycles. The third-order valence-electron chi connectivity index (χ3n) is 6.52. The molecule has 8 heteroatoms. The van der Waals surface area contributed by atoms with Gasteiger partial charge in [0.05, 0.1) is 31.6 Å². The van der Waals surface area contributed by atoms with E-state index < -0.39 is 0 Å². The van der Waals surface area contributed by atoms with Crippen LogP contribution in [-0.4, -0.2) is 59.4 Å². The molecule has 2 aliphatic rings. The van der Waals surface area contributed by atoms with E-state index in [0.717, 1.165) is 58.1 Å². The summed E-state index contributed by atoms with van der Waals surface area (Å²) < 4.78 is 13.8. The van der Waals surface area contributed by atoms with Crippen LogP contribution >= 0.6 is 24.0 Å². The van der Waals surface area contributed by atoms with E-state index in [4.69, 9.17) is 14.5 Å². The number of rotatable bonds is 7. The summed E-state index contributed by atoms with van der Waals surface area (Å²) in [6, 6.07) is 9.04. The lowest BCUT2D eigenvalue weighted by molar-refractivity contribution is -0.0390. The van der Waals surface area contributed by atoms with E-state index in [1.807, 2.05) is 12.5 Å². The second kappa shape index (κ2) is 13.3. The van der Waals surface area contributed by atoms with Crippen LogP contribution in [-0.2, 0) is 22.6 Å². The zero-order chi connectivity index (χ0) is 22.2. The maximum atomic E-state index is 6.10. The first-order valence-electron chi connectivity index (χ1n) is 12.0. The number of imidazole rings is 1. The number of nitrogens with one attached hydrogen (secondary N) is 1. The monoisotopic (exact) mass is 567 g/mol. The molecule has 0 bridgehead atoms. The molecule has 2 atom stereocenters. The number of benzene rings is 1. The van der Waals surface area contributed by atoms with E-state index in [-0.39, 0.29) is 24.0 Å². The van der Waals surface area contributed by atoms with Crippen molar-refractivity contribution in [1.29, 1.82) is 0 Å². The lowest BCUT2D eigenvalue weighted by atomic mass is 9.93. The van der Waals surface area contributed by atoms with Gasteiger partial charge in [-0.3, -0.25) is 0 Å². The third-order valence-corrected chi connectivity index (χ3v) is 6.52. The number of nitrogens with zero attached hydrogens (tertiary/aromatic N) is 4. The van der Waals surface area contributed by atoms with Crippen LogP contribution in [0.2, 0.25) is 0 Å². The fraction of sp³-hybridized carbons (Fsp3) is 0.600. The largest absolute Gasteiger partial charge is 0.381 e. The lowest BCUT2D eigenvalue weighted by Crippen LogP contribution is -2.49. The average Bonchev–Trinajstić information content (AvgIpc) is 3.37. The van der Waals surface area contributed by atoms with Gasteiger partial charge >= 0.3 is 0 Å². The van der Waals surface area contributed by atoms with Crippen molar-refractivity contribution in [2.24, 2.45) is 10.9 Å². The molecule has 33 heavy (non-hydrogen) atoms. The average molecular weight is 568 g/mol. The topological polar surface area (TPSA) is 63.9 Å². The number of hydrogen-bond acceptors (Lipinski definition) is 4. The van der Waals surface area contributed by atoms with Crippen molar-refractivity contribution in [3.63, 3.8) is 0 Å². The molecule has 2 unspecified atom stereocenters. The first kappa shape index (κ1) is 26.0. The Kier molecular flexibility index (Phi) is 10.5. The normalized spacial score (nSPS) is 22.1. The van der Waals surface area contributed by atoms with Gasteiger partial charge in [-0.25, -0.2) is 9.98 Å². The van der Waals surface area contributed by atoms with Gasteiger partial charge in [-0.2, -0.15) is 0 Å². The summed E-state index contributed by atoms with van der Waals surface area (Å²) in [6.07, 6.45) is 9.31. The highest BCUT2D eigenvalue weighted by atomic mass is 127. The maximum Gasteiger partial charge on any atom is 0.194 e. The SMILES string of the molecule is CCNC(=NCc1cccc(COC2CCOCC2)c1)N1CCC(C)C(n2ccnc2)C1.I. The van der Waals surface area contributed by atoms with Crippen molar-refractivity contribution in [1.82, 2.24) is 19.8 Å². The quantitative estimate of drug-likeness (QED) is 0.308. The number of guanidine groups is 1. The number of halogens is 1. The number of hydrogen-bond donors (Lipinski definition) is 1. The molecule has 7 nitrogen and oxygen atoms in total. The number of piperidine rings is 1. The molecule has 1 aromatic carbocycles. The van der Waals surface area contributed by atoms with Crippen LogP contribution in [0.4, 0.5) is 0 Å². The third kappa shape index (κ3) is 7.42. The first-order chi connectivity index (χ1) is 15.7. The maximum absolute atomic E-state index is 6.10. The van der Waals surface area contributed by atoms with Gasteiger partial charge in [0.15, 0.2) is 5.96 Å². The molecule has 1 N–H and O–H groups in total. The summed E-state index contributed by atoms with van der Waals surface area (Å²) >= 11 is 0. The van der Waals surface area contributed by atoms with Gasteiger partial charge in [-0.05, 0) is 43.2 Å². The smallest absolute Gasteiger partial charge is 0.194 e. The number of aliphatic imine (C=N–C) groups is 1. The molecule has 2 aromatic rings. The highest BCUT2D eigenvalue weighted by molar-refractivity contribution is 14.0. The summed E-state index contributed by atoms with van der Waals surface area (Å²) in [5.74, 6) is 1.61. The summed E-state index contributed by atoms with van der Waals surface area (Å²) in [5.41, 5.74) is 2.42. The first-order valence-corrected chi connectivity index (χ1v) is 12.0. The number of ether oxygens (including phenoxy) is 2. The fourth-order valence-electron chi connectivity index (χ4n) is 4.56. The predicted molar refractivity (Wildman–Crippen MR) is 142 cm³/mol. The zero-order valence-electron chi connectivity index (χ0n) is 19.9. The standard InChI is InChI=1S/C25H37N5O2.HI/c1-3-27-25(29-11-7-20(2)24(17-29)30-12-10-26-19-30)28-16-21-5-4-6-22(15-21)18-32-23-8-13-31-14-9-23;/h4-6,10,12,15,19-20,23-24H,3,7-9,11,13-14,16-18H2,1-2H3,(H,27,28);1H. The number of likely N-dealkylation sites (tertiary alicyclic amines) is 1. The molecule has 2 saturated heterocycles. The molecule has 2 fully saturated rings. The minimum atomic E-state index is 0. The van der Waals surface area contributed by atoms with E-state index in [1.165, 1.54) is 11.1 Å². The van der Waals surface area contributed by atoms with Gasteiger partial charge in [0.2, 0.25) is 0 Å². The number of aromatic nitrogens is 2. The van der Waals surface area contributed by atoms with E-state index in [1.54, 1.807) is 0 Å². The van der Waals surface area contributed by atoms with Crippen LogP contribution in [0.1, 0.15) is 50.3 Å². The van der Waals surface area contributed by atoms with Gasteiger partial charge in [-0.15, -0.1) is 24.0 Å². The molecular formula is C25H38IN5O2. The van der Waals surface area contributed by atoms with Crippen LogP contribution in [0.5, 0.6) is 0 Å². The predicted octanol–water partition coefficient (Wildman–Crippen LogP) is 4.25. The fourth-order valence-corrected chi connectivity index (χ4v) is 4.56. The molecular weight excluding hydrogens is 529 g/mol. The van der Waals surface area contributed by atoms with Crippen molar-refractivity contribution in [3.8, 4) is 0 Å². The lowest BCUT2D eigenvalue weighted by Gasteiger charge is -2.39. The van der Waals surface area contributed by atoms with E-state index in [2.05, 4.69) is 64.1 Å². The Morgan fingerprint density at radius 1 is 1.24 bits per heavy atom. The highest BCUT2D eigenvalue weighted by Crippen LogP contribution is 2.27. The van der Waals surface area contributed by atoms with Gasteiger partial charge in [0.25, 0.3) is 0 Å². The van der Waals surface area contributed by atoms with Gasteiger partial charge < -0.3 is 24.3 Å². The van der Waals surface area contributed by atoms with Crippen molar-refractivity contribution >= 4 is 29.9 Å². The van der Waals surface area contributed by atoms with E-state index in [0.29, 0.717) is 31.2 Å². The molecule has 182 valence electrons. The highest BCUT2D eigenvalue weighted by Gasteiger charge is 2.28. The van der Waals surface area contributed by atoms with Gasteiger partial charge in [0.1, 0.15) is 0 Å². The molecule has 0 spiro atoms. The second-order valence-electron chi connectivity index (χ2n) is 8.90. The molecule has 4 rings (SSSR count). The Labute approximate surface area is 215 Å². The Balaban J connectivity index is 0.00000306. The van der Waals surface area contributed by atoms with E-state index >= 15 is 0 Å². The Hall–Kier alpha value is -1.65. The van der Waals surface area contributed by atoms with Crippen molar-refractivity contribution in [2.45, 2.75) is 58.4 Å². The van der Waals surface area contributed by atoms with Crippen molar-refractivity contribution in [3.05, 3.63) is 54.1 Å². The van der Waals surface area contributed by atoms with Crippen LogP contribution in [0.3, 0.4) is 0 Å². The molecule has 3 heterocycles. The minimum absolute atomic E-state index is 0. The summed E-state index contributed by atoms with van der Waals surface area (Å²) in [7, 11) is 0. The zero-order valence-corrected chi connectivity index (χ0v) is 22.2. The van der Waals surface area contributed by atoms with Crippen molar-refractivity contribution < 1.29 is 9.47 Å². The Bertz CT molecular complexity index is 854. The Morgan fingerprint density at radius 2 is 2.06 bits per heavy atom. The van der Waals surface area contributed by atoms with Crippen LogP contribution in [0.25, 0.3) is 0 Å². The van der Waals surface area contributed by atoms with Crippen LogP contribution in [0.15, 0.2) is 48.0 Å². The molecule has 2 aliphatic heterocycles. The van der Waals surface area contributed by atoms with Crippen LogP contribution < -0.4 is 5.32 Å². The molecule has 0 amide bonds. The molecule has 0 saturated carbocycles. The minimum Gasteiger partial charge on any atom is -0.381 e. The van der Waals surface area contributed by atoms with E-state index in [9.17, 15) is 0 Å². The van der Waals surface area contributed by atoms with Crippen LogP contribution in [0, 0.1) is 5.92 Å².